The Balaban J connectivity index is 0.913. The first-order chi connectivity index (χ1) is 29.8. The number of morpholine rings is 1. The van der Waals surface area contributed by atoms with E-state index in [0.717, 1.165) is 82.5 Å². The van der Waals surface area contributed by atoms with E-state index >= 15 is 0 Å². The van der Waals surface area contributed by atoms with Crippen LogP contribution in [0.25, 0.3) is 0 Å². The SMILES string of the molecule is Nc1c(Cl)cc(C[C@@H](OC(=O)N2CCC(N3CCc4ccccc4NC3=O)CC2)C(=O)N2CCN(C3CCN(CC(=O)OCCCN4CCOCC4)CC3)CC2)cc1C(F)(F)F. The monoisotopic (exact) mass is 890 g/mol. The van der Waals surface area contributed by atoms with Gasteiger partial charge in [0.2, 0.25) is 0 Å². The number of amides is 4. The van der Waals surface area contributed by atoms with Gasteiger partial charge in [-0.15, -0.1) is 0 Å². The van der Waals surface area contributed by atoms with Gasteiger partial charge in [0.25, 0.3) is 5.91 Å². The van der Waals surface area contributed by atoms with Gasteiger partial charge in [-0.1, -0.05) is 29.8 Å². The highest BCUT2D eigenvalue weighted by atomic mass is 35.5. The lowest BCUT2D eigenvalue weighted by atomic mass is 10.0. The number of urea groups is 1. The zero-order chi connectivity index (χ0) is 43.8. The molecule has 0 saturated carbocycles. The number of rotatable bonds is 12. The number of esters is 1. The van der Waals surface area contributed by atoms with Crippen LogP contribution in [0.3, 0.4) is 0 Å². The average molecular weight is 891 g/mol. The van der Waals surface area contributed by atoms with Gasteiger partial charge in [0.1, 0.15) is 0 Å². The zero-order valence-corrected chi connectivity index (χ0v) is 35.8. The lowest BCUT2D eigenvalue weighted by Crippen LogP contribution is -2.57. The number of ether oxygens (including phenoxy) is 3. The van der Waals surface area contributed by atoms with Crippen molar-refractivity contribution in [2.45, 2.75) is 69.3 Å². The number of alkyl halides is 3. The van der Waals surface area contributed by atoms with Crippen LogP contribution in [-0.2, 0) is 42.8 Å². The van der Waals surface area contributed by atoms with Gasteiger partial charge < -0.3 is 40.0 Å². The van der Waals surface area contributed by atoms with Crippen LogP contribution in [0, 0.1) is 0 Å². The lowest BCUT2D eigenvalue weighted by molar-refractivity contribution is -0.145. The molecular weight excluding hydrogens is 833 g/mol. The number of carbonyl (C=O) groups excluding carboxylic acids is 4. The summed E-state index contributed by atoms with van der Waals surface area (Å²) >= 11 is 6.16. The maximum Gasteiger partial charge on any atom is 0.418 e. The molecule has 0 aromatic heterocycles. The van der Waals surface area contributed by atoms with E-state index in [-0.39, 0.29) is 60.7 Å². The van der Waals surface area contributed by atoms with E-state index in [2.05, 4.69) is 20.0 Å². The predicted octanol–water partition coefficient (Wildman–Crippen LogP) is 4.42. The molecule has 19 heteroatoms. The molecule has 5 aliphatic heterocycles. The Morgan fingerprint density at radius 1 is 0.871 bits per heavy atom. The number of anilines is 2. The van der Waals surface area contributed by atoms with Crippen molar-refractivity contribution in [2.75, 3.05) is 116 Å². The van der Waals surface area contributed by atoms with Crippen molar-refractivity contribution >= 4 is 47.0 Å². The van der Waals surface area contributed by atoms with Crippen molar-refractivity contribution in [3.05, 3.63) is 58.1 Å². The number of nitrogens with two attached hydrogens (primary N) is 1. The number of halogens is 4. The number of piperazine rings is 1. The average Bonchev–Trinajstić information content (AvgIpc) is 3.44. The third-order valence-electron chi connectivity index (χ3n) is 12.8. The van der Waals surface area contributed by atoms with Gasteiger partial charge in [-0.05, 0) is 67.9 Å². The largest absolute Gasteiger partial charge is 0.465 e. The number of nitrogens with zero attached hydrogens (tertiary/aromatic N) is 6. The summed E-state index contributed by atoms with van der Waals surface area (Å²) in [6, 6.07) is 9.73. The molecule has 4 amide bonds. The maximum absolute atomic E-state index is 14.2. The highest BCUT2D eigenvalue weighted by molar-refractivity contribution is 6.33. The van der Waals surface area contributed by atoms with Gasteiger partial charge in [0.15, 0.2) is 6.10 Å². The minimum atomic E-state index is -4.80. The first-order valence-corrected chi connectivity index (χ1v) is 22.2. The number of hydrogen-bond donors (Lipinski definition) is 2. The second kappa shape index (κ2) is 20.9. The molecule has 4 saturated heterocycles. The number of benzene rings is 2. The molecule has 0 radical (unpaired) electrons. The molecule has 0 aliphatic carbocycles. The van der Waals surface area contributed by atoms with Crippen LogP contribution in [0.4, 0.5) is 34.1 Å². The summed E-state index contributed by atoms with van der Waals surface area (Å²) < 4.78 is 58.6. The van der Waals surface area contributed by atoms with Gasteiger partial charge in [-0.2, -0.15) is 13.2 Å². The van der Waals surface area contributed by atoms with Crippen LogP contribution in [0.2, 0.25) is 5.02 Å². The smallest absolute Gasteiger partial charge is 0.418 e. The van der Waals surface area contributed by atoms with Gasteiger partial charge in [-0.25, -0.2) is 9.59 Å². The molecule has 0 spiro atoms. The predicted molar refractivity (Wildman–Crippen MR) is 226 cm³/mol. The van der Waals surface area contributed by atoms with Crippen LogP contribution in [0.1, 0.15) is 48.8 Å². The minimum absolute atomic E-state index is 0.0526. The molecule has 340 valence electrons. The number of hydrogen-bond acceptors (Lipinski definition) is 11. The molecule has 62 heavy (non-hydrogen) atoms. The number of para-hydroxylation sites is 1. The Kier molecular flexibility index (Phi) is 15.4. The Hall–Kier alpha value is -4.36. The molecule has 0 bridgehead atoms. The Morgan fingerprint density at radius 2 is 1.56 bits per heavy atom. The van der Waals surface area contributed by atoms with E-state index in [1.165, 1.54) is 11.0 Å². The number of nitrogen functional groups attached to an aromatic ring is 1. The standard InChI is InChI=1S/C43H58ClF3N8O7/c44-35-27-30(26-34(39(35)48)43(45,46)47)28-37(62-42(59)54-14-9-33(10-15-54)55-16-6-31-4-1-2-5-36(31)49-41(55)58)40(57)53-19-17-52(18-20-53)32-7-12-51(13-8-32)29-38(56)61-23-3-11-50-21-24-60-25-22-50/h1-2,4-5,26-27,32-33,37H,3,6-25,28-29,48H2,(H,49,58)/t37-/m1/s1. The highest BCUT2D eigenvalue weighted by Gasteiger charge is 2.38. The molecule has 3 N–H and O–H groups in total. The number of carbonyl (C=O) groups is 4. The lowest BCUT2D eigenvalue weighted by Gasteiger charge is -2.43. The second-order valence-corrected chi connectivity index (χ2v) is 17.2. The van der Waals surface area contributed by atoms with E-state index in [1.54, 1.807) is 9.80 Å². The molecule has 5 aliphatic rings. The molecule has 1 atom stereocenters. The quantitative estimate of drug-likeness (QED) is 0.177. The first kappa shape index (κ1) is 45.7. The fourth-order valence-electron chi connectivity index (χ4n) is 9.20. The van der Waals surface area contributed by atoms with Crippen LogP contribution >= 0.6 is 11.6 Å². The normalized spacial score (nSPS) is 20.9. The summed E-state index contributed by atoms with van der Waals surface area (Å²) in [6.07, 6.45) is -3.16. The Bertz CT molecular complexity index is 1880. The van der Waals surface area contributed by atoms with E-state index < -0.39 is 35.5 Å². The molecule has 15 nitrogen and oxygen atoms in total. The third kappa shape index (κ3) is 11.8. The fraction of sp³-hybridized carbons (Fsp3) is 0.628. The summed E-state index contributed by atoms with van der Waals surface area (Å²) in [5, 5.41) is 2.68. The van der Waals surface area contributed by atoms with Crippen LogP contribution in [0.5, 0.6) is 0 Å². The Morgan fingerprint density at radius 3 is 2.27 bits per heavy atom. The van der Waals surface area contributed by atoms with Crippen LogP contribution < -0.4 is 11.1 Å². The molecular formula is C43H58ClF3N8O7. The van der Waals surface area contributed by atoms with Gasteiger partial charge >= 0.3 is 24.3 Å². The van der Waals surface area contributed by atoms with Crippen molar-refractivity contribution < 1.29 is 46.6 Å². The Labute approximate surface area is 365 Å². The van der Waals surface area contributed by atoms with Crippen LogP contribution in [-0.4, -0.2) is 176 Å². The maximum atomic E-state index is 14.2. The minimum Gasteiger partial charge on any atom is -0.465 e. The summed E-state index contributed by atoms with van der Waals surface area (Å²) in [5.41, 5.74) is 5.83. The number of nitrogens with one attached hydrogen (secondary N) is 1. The van der Waals surface area contributed by atoms with E-state index in [9.17, 15) is 32.3 Å². The summed E-state index contributed by atoms with van der Waals surface area (Å²) in [4.78, 5) is 65.3. The summed E-state index contributed by atoms with van der Waals surface area (Å²) in [5.74, 6) is -0.727. The number of fused-ring (bicyclic) bond motifs is 1. The second-order valence-electron chi connectivity index (χ2n) is 16.8. The van der Waals surface area contributed by atoms with Gasteiger partial charge in [0.05, 0.1) is 42.6 Å². The van der Waals surface area contributed by atoms with E-state index in [0.29, 0.717) is 58.6 Å². The van der Waals surface area contributed by atoms with E-state index in [4.69, 9.17) is 31.5 Å². The fourth-order valence-corrected chi connectivity index (χ4v) is 9.44. The summed E-state index contributed by atoms with van der Waals surface area (Å²) in [6.45, 7) is 9.16. The van der Waals surface area contributed by atoms with Crippen molar-refractivity contribution in [1.29, 1.82) is 0 Å². The zero-order valence-electron chi connectivity index (χ0n) is 35.1. The van der Waals surface area contributed by atoms with Crippen molar-refractivity contribution in [2.24, 2.45) is 0 Å². The summed E-state index contributed by atoms with van der Waals surface area (Å²) in [7, 11) is 0. The molecule has 4 fully saturated rings. The molecule has 7 rings (SSSR count). The molecule has 5 heterocycles. The van der Waals surface area contributed by atoms with E-state index in [1.807, 2.05) is 24.3 Å². The van der Waals surface area contributed by atoms with Gasteiger partial charge in [-0.3, -0.25) is 24.3 Å². The molecule has 2 aromatic rings. The third-order valence-corrected chi connectivity index (χ3v) is 13.1. The number of likely N-dealkylation sites (tertiary alicyclic amines) is 2. The van der Waals surface area contributed by atoms with Crippen molar-refractivity contribution in [1.82, 2.24) is 29.4 Å². The van der Waals surface area contributed by atoms with Crippen LogP contribution in [0.15, 0.2) is 36.4 Å². The topological polar surface area (TPSA) is 153 Å². The number of piperidine rings is 2. The van der Waals surface area contributed by atoms with Gasteiger partial charge in [0, 0.05) is 103 Å². The van der Waals surface area contributed by atoms with Crippen molar-refractivity contribution in [3.63, 3.8) is 0 Å². The first-order valence-electron chi connectivity index (χ1n) is 21.8. The molecule has 0 unspecified atom stereocenters. The molecule has 2 aromatic carbocycles. The highest BCUT2D eigenvalue weighted by Crippen LogP contribution is 2.38. The van der Waals surface area contributed by atoms with Crippen molar-refractivity contribution in [3.8, 4) is 0 Å².